The minimum Gasteiger partial charge on any atom is -0.497 e. The summed E-state index contributed by atoms with van der Waals surface area (Å²) in [6.45, 7) is 4.80. The van der Waals surface area contributed by atoms with Gasteiger partial charge in [0.05, 0.1) is 13.2 Å². The minimum absolute atomic E-state index is 0.115. The summed E-state index contributed by atoms with van der Waals surface area (Å²) in [5.74, 6) is 0.854. The number of anilines is 1. The predicted molar refractivity (Wildman–Crippen MR) is 84.3 cm³/mol. The third kappa shape index (κ3) is 3.11. The lowest BCUT2D eigenvalue weighted by Crippen LogP contribution is -2.22. The van der Waals surface area contributed by atoms with E-state index >= 15 is 0 Å². The van der Waals surface area contributed by atoms with Crippen molar-refractivity contribution >= 4 is 5.69 Å². The maximum atomic E-state index is 5.96. The predicted octanol–water partition coefficient (Wildman–Crippen LogP) is 3.42. The van der Waals surface area contributed by atoms with Crippen molar-refractivity contribution in [3.05, 3.63) is 59.2 Å². The molecule has 2 rings (SSSR count). The summed E-state index contributed by atoms with van der Waals surface area (Å²) in [6.07, 6.45) is 0. The van der Waals surface area contributed by atoms with Crippen molar-refractivity contribution in [1.29, 1.82) is 0 Å². The van der Waals surface area contributed by atoms with Crippen LogP contribution in [0, 0.1) is 13.8 Å². The van der Waals surface area contributed by atoms with Gasteiger partial charge < -0.3 is 15.8 Å². The van der Waals surface area contributed by atoms with Crippen LogP contribution in [0.15, 0.2) is 42.5 Å². The zero-order chi connectivity index (χ0) is 14.5. The molecule has 0 radical (unpaired) electrons. The molecule has 106 valence electrons. The van der Waals surface area contributed by atoms with Gasteiger partial charge in [-0.25, -0.2) is 0 Å². The number of methoxy groups -OCH3 is 1. The Bertz CT molecular complexity index is 543. The smallest absolute Gasteiger partial charge is 0.119 e. The fourth-order valence-corrected chi connectivity index (χ4v) is 2.51. The number of rotatable bonds is 5. The average Bonchev–Trinajstić information content (AvgIpc) is 2.46. The number of benzene rings is 2. The Labute approximate surface area is 120 Å². The molecule has 2 aromatic rings. The molecule has 1 unspecified atom stereocenters. The molecule has 0 amide bonds. The SMILES string of the molecule is COc1ccc(NC(CN)c2c(C)cccc2C)cc1. The first-order valence-corrected chi connectivity index (χ1v) is 6.82. The molecule has 0 heterocycles. The van der Waals surface area contributed by atoms with E-state index in [2.05, 4.69) is 37.4 Å². The molecule has 20 heavy (non-hydrogen) atoms. The summed E-state index contributed by atoms with van der Waals surface area (Å²) >= 11 is 0. The highest BCUT2D eigenvalue weighted by atomic mass is 16.5. The van der Waals surface area contributed by atoms with Crippen molar-refractivity contribution in [3.8, 4) is 5.75 Å². The molecule has 0 fully saturated rings. The zero-order valence-electron chi connectivity index (χ0n) is 12.3. The van der Waals surface area contributed by atoms with Crippen LogP contribution in [-0.4, -0.2) is 13.7 Å². The molecule has 3 heteroatoms. The molecule has 0 saturated heterocycles. The van der Waals surface area contributed by atoms with E-state index < -0.39 is 0 Å². The standard InChI is InChI=1S/C17H22N2O/c1-12-5-4-6-13(2)17(12)16(11-18)19-14-7-9-15(20-3)10-8-14/h4-10,16,19H,11,18H2,1-3H3. The number of hydrogen-bond donors (Lipinski definition) is 2. The third-order valence-electron chi connectivity index (χ3n) is 3.56. The lowest BCUT2D eigenvalue weighted by Gasteiger charge is -2.22. The zero-order valence-corrected chi connectivity index (χ0v) is 12.3. The van der Waals surface area contributed by atoms with Crippen LogP contribution in [0.3, 0.4) is 0 Å². The van der Waals surface area contributed by atoms with Gasteiger partial charge in [-0.15, -0.1) is 0 Å². The highest BCUT2D eigenvalue weighted by Gasteiger charge is 2.14. The fraction of sp³-hybridized carbons (Fsp3) is 0.294. The Morgan fingerprint density at radius 2 is 1.65 bits per heavy atom. The number of aryl methyl sites for hydroxylation is 2. The molecule has 1 atom stereocenters. The molecular weight excluding hydrogens is 248 g/mol. The first kappa shape index (κ1) is 14.4. The molecule has 0 aliphatic carbocycles. The molecule has 0 saturated carbocycles. The summed E-state index contributed by atoms with van der Waals surface area (Å²) < 4.78 is 5.17. The van der Waals surface area contributed by atoms with Crippen LogP contribution >= 0.6 is 0 Å². The summed E-state index contributed by atoms with van der Waals surface area (Å²) in [5.41, 5.74) is 10.8. The van der Waals surface area contributed by atoms with E-state index in [0.717, 1.165) is 11.4 Å². The summed E-state index contributed by atoms with van der Waals surface area (Å²) in [7, 11) is 1.67. The molecule has 0 aliphatic rings. The molecular formula is C17H22N2O. The highest BCUT2D eigenvalue weighted by Crippen LogP contribution is 2.25. The number of nitrogens with one attached hydrogen (secondary N) is 1. The second kappa shape index (κ2) is 6.44. The van der Waals surface area contributed by atoms with E-state index in [1.807, 2.05) is 24.3 Å². The largest absolute Gasteiger partial charge is 0.497 e. The fourth-order valence-electron chi connectivity index (χ4n) is 2.51. The summed E-state index contributed by atoms with van der Waals surface area (Å²) in [6, 6.07) is 14.4. The van der Waals surface area contributed by atoms with Crippen LogP contribution in [0.5, 0.6) is 5.75 Å². The van der Waals surface area contributed by atoms with Crippen molar-refractivity contribution < 1.29 is 4.74 Å². The van der Waals surface area contributed by atoms with Gasteiger partial charge in [-0.3, -0.25) is 0 Å². The third-order valence-corrected chi connectivity index (χ3v) is 3.56. The quantitative estimate of drug-likeness (QED) is 0.875. The Kier molecular flexibility index (Phi) is 4.64. The van der Waals surface area contributed by atoms with Gasteiger partial charge >= 0.3 is 0 Å². The van der Waals surface area contributed by atoms with Crippen molar-refractivity contribution in [2.45, 2.75) is 19.9 Å². The average molecular weight is 270 g/mol. The Balaban J connectivity index is 2.24. The molecule has 3 nitrogen and oxygen atoms in total. The highest BCUT2D eigenvalue weighted by molar-refractivity contribution is 5.50. The van der Waals surface area contributed by atoms with Gasteiger partial charge in [0, 0.05) is 12.2 Å². The van der Waals surface area contributed by atoms with Crippen molar-refractivity contribution in [2.24, 2.45) is 5.73 Å². The minimum atomic E-state index is 0.115. The van der Waals surface area contributed by atoms with Crippen molar-refractivity contribution in [3.63, 3.8) is 0 Å². The molecule has 0 spiro atoms. The first-order valence-electron chi connectivity index (χ1n) is 6.82. The van der Waals surface area contributed by atoms with E-state index in [1.54, 1.807) is 7.11 Å². The van der Waals surface area contributed by atoms with E-state index in [-0.39, 0.29) is 6.04 Å². The van der Waals surface area contributed by atoms with E-state index in [1.165, 1.54) is 16.7 Å². The van der Waals surface area contributed by atoms with Crippen LogP contribution in [0.2, 0.25) is 0 Å². The molecule has 0 bridgehead atoms. The van der Waals surface area contributed by atoms with E-state index in [9.17, 15) is 0 Å². The molecule has 0 aromatic heterocycles. The monoisotopic (exact) mass is 270 g/mol. The van der Waals surface area contributed by atoms with Crippen LogP contribution in [0.25, 0.3) is 0 Å². The number of ether oxygens (including phenoxy) is 1. The van der Waals surface area contributed by atoms with Crippen LogP contribution in [-0.2, 0) is 0 Å². The van der Waals surface area contributed by atoms with Crippen molar-refractivity contribution in [1.82, 2.24) is 0 Å². The van der Waals surface area contributed by atoms with Crippen molar-refractivity contribution in [2.75, 3.05) is 19.0 Å². The van der Waals surface area contributed by atoms with Gasteiger partial charge in [-0.1, -0.05) is 18.2 Å². The lowest BCUT2D eigenvalue weighted by atomic mass is 9.96. The van der Waals surface area contributed by atoms with E-state index in [0.29, 0.717) is 6.54 Å². The number of hydrogen-bond acceptors (Lipinski definition) is 3. The summed E-state index contributed by atoms with van der Waals surface area (Å²) in [4.78, 5) is 0. The van der Waals surface area contributed by atoms with Gasteiger partial charge in [0.15, 0.2) is 0 Å². The molecule has 2 aromatic carbocycles. The van der Waals surface area contributed by atoms with Gasteiger partial charge in [0.2, 0.25) is 0 Å². The first-order chi connectivity index (χ1) is 9.65. The number of nitrogens with two attached hydrogens (primary N) is 1. The normalized spacial score (nSPS) is 12.0. The van der Waals surface area contributed by atoms with Gasteiger partial charge in [0.1, 0.15) is 5.75 Å². The Morgan fingerprint density at radius 1 is 1.05 bits per heavy atom. The van der Waals surface area contributed by atoms with Gasteiger partial charge in [-0.2, -0.15) is 0 Å². The maximum absolute atomic E-state index is 5.96. The van der Waals surface area contributed by atoms with Gasteiger partial charge in [0.25, 0.3) is 0 Å². The van der Waals surface area contributed by atoms with Gasteiger partial charge in [-0.05, 0) is 54.8 Å². The molecule has 3 N–H and O–H groups in total. The molecule has 0 aliphatic heterocycles. The second-order valence-electron chi connectivity index (χ2n) is 4.97. The topological polar surface area (TPSA) is 47.3 Å². The maximum Gasteiger partial charge on any atom is 0.119 e. The Morgan fingerprint density at radius 3 is 2.15 bits per heavy atom. The lowest BCUT2D eigenvalue weighted by molar-refractivity contribution is 0.415. The van der Waals surface area contributed by atoms with Crippen LogP contribution in [0.1, 0.15) is 22.7 Å². The van der Waals surface area contributed by atoms with Crippen LogP contribution < -0.4 is 15.8 Å². The Hall–Kier alpha value is -2.00. The van der Waals surface area contributed by atoms with E-state index in [4.69, 9.17) is 10.5 Å². The second-order valence-corrected chi connectivity index (χ2v) is 4.97. The summed E-state index contributed by atoms with van der Waals surface area (Å²) in [5, 5.41) is 3.50. The van der Waals surface area contributed by atoms with Crippen LogP contribution in [0.4, 0.5) is 5.69 Å².